The van der Waals surface area contributed by atoms with E-state index in [1.807, 2.05) is 12.1 Å². The number of rotatable bonds is 8. The van der Waals surface area contributed by atoms with Crippen molar-refractivity contribution in [2.75, 3.05) is 5.75 Å². The second kappa shape index (κ2) is 9.67. The summed E-state index contributed by atoms with van der Waals surface area (Å²) in [5.41, 5.74) is 12.0. The monoisotopic (exact) mass is 481 g/mol. The number of hydrogen-bond acceptors (Lipinski definition) is 2. The van der Waals surface area contributed by atoms with Gasteiger partial charge >= 0.3 is 0 Å². The Bertz CT molecular complexity index is 1430. The van der Waals surface area contributed by atoms with Crippen LogP contribution >= 0.6 is 11.8 Å². The summed E-state index contributed by atoms with van der Waals surface area (Å²) in [6.45, 7) is 2.13. The number of primary amides is 1. The van der Waals surface area contributed by atoms with E-state index in [0.717, 1.165) is 16.2 Å². The minimum Gasteiger partial charge on any atom is -0.369 e. The average molecular weight is 482 g/mol. The van der Waals surface area contributed by atoms with Crippen molar-refractivity contribution in [3.63, 3.8) is 0 Å². The van der Waals surface area contributed by atoms with Gasteiger partial charge in [-0.3, -0.25) is 4.79 Å². The zero-order valence-electron chi connectivity index (χ0n) is 20.4. The molecular weight excluding hydrogens is 450 g/mol. The van der Waals surface area contributed by atoms with Gasteiger partial charge in [-0.05, 0) is 47.1 Å². The molecule has 0 saturated heterocycles. The number of thioether (sulfide) groups is 1. The highest BCUT2D eigenvalue weighted by Crippen LogP contribution is 2.43. The van der Waals surface area contributed by atoms with E-state index in [-0.39, 0.29) is 11.8 Å². The van der Waals surface area contributed by atoms with Gasteiger partial charge < -0.3 is 14.9 Å². The number of fused-ring (bicyclic) bond motifs is 2. The number of aromatic nitrogens is 2. The van der Waals surface area contributed by atoms with Gasteiger partial charge in [0.15, 0.2) is 0 Å². The quantitative estimate of drug-likeness (QED) is 0.255. The Hall–Kier alpha value is -3.44. The summed E-state index contributed by atoms with van der Waals surface area (Å²) in [6.07, 6.45) is 5.06. The molecule has 0 saturated carbocycles. The molecule has 2 N–H and O–H groups in total. The molecule has 0 aliphatic rings. The van der Waals surface area contributed by atoms with Gasteiger partial charge in [0, 0.05) is 59.1 Å². The molecule has 5 rings (SSSR count). The number of aryl methyl sites for hydroxylation is 2. The predicted octanol–water partition coefficient (Wildman–Crippen LogP) is 6.57. The van der Waals surface area contributed by atoms with Gasteiger partial charge in [0.25, 0.3) is 0 Å². The Morgan fingerprint density at radius 1 is 0.800 bits per heavy atom. The lowest BCUT2D eigenvalue weighted by Gasteiger charge is -2.24. The second-order valence-corrected chi connectivity index (χ2v) is 10.4. The summed E-state index contributed by atoms with van der Waals surface area (Å²) in [5, 5.41) is 2.43. The molecule has 5 heteroatoms. The van der Waals surface area contributed by atoms with E-state index >= 15 is 0 Å². The standard InChI is InChI=1S/C30H31N3OS/c1-4-35-29-16-10-7-13-22(29)24(30(31)34)17-23(25-18-32(2)27-14-8-5-11-20(25)27)26-19-33(3)28-15-9-6-12-21(26)28/h5-16,18-19,23-24H,4,17H2,1-3H3,(H2,31,34). The molecule has 178 valence electrons. The first-order chi connectivity index (χ1) is 17.0. The number of para-hydroxylation sites is 2. The largest absolute Gasteiger partial charge is 0.369 e. The van der Waals surface area contributed by atoms with Crippen molar-refractivity contribution >= 4 is 39.5 Å². The average Bonchev–Trinajstić information content (AvgIpc) is 3.38. The summed E-state index contributed by atoms with van der Waals surface area (Å²) in [4.78, 5) is 14.1. The highest BCUT2D eigenvalue weighted by molar-refractivity contribution is 7.99. The van der Waals surface area contributed by atoms with Crippen molar-refractivity contribution in [1.82, 2.24) is 9.13 Å². The topological polar surface area (TPSA) is 52.9 Å². The summed E-state index contributed by atoms with van der Waals surface area (Å²) >= 11 is 1.76. The van der Waals surface area contributed by atoms with E-state index in [2.05, 4.69) is 103 Å². The third kappa shape index (κ3) is 4.25. The molecule has 0 spiro atoms. The number of nitrogens with zero attached hydrogens (tertiary/aromatic N) is 2. The van der Waals surface area contributed by atoms with Crippen LogP contribution in [0.1, 0.15) is 41.9 Å². The first-order valence-electron chi connectivity index (χ1n) is 12.1. The van der Waals surface area contributed by atoms with E-state index in [1.165, 1.54) is 32.9 Å². The molecule has 2 heterocycles. The minimum absolute atomic E-state index is 0.00406. The van der Waals surface area contributed by atoms with Crippen LogP contribution in [0.3, 0.4) is 0 Å². The number of carbonyl (C=O) groups is 1. The molecule has 1 amide bonds. The van der Waals surface area contributed by atoms with Crippen LogP contribution in [0.4, 0.5) is 0 Å². The smallest absolute Gasteiger partial charge is 0.225 e. The molecule has 2 aromatic heterocycles. The third-order valence-corrected chi connectivity index (χ3v) is 7.99. The van der Waals surface area contributed by atoms with Gasteiger partial charge in [-0.25, -0.2) is 0 Å². The maximum Gasteiger partial charge on any atom is 0.225 e. The lowest BCUT2D eigenvalue weighted by molar-refractivity contribution is -0.119. The normalized spacial score (nSPS) is 12.6. The second-order valence-electron chi connectivity index (χ2n) is 9.14. The van der Waals surface area contributed by atoms with Crippen LogP contribution in [0.25, 0.3) is 21.8 Å². The number of amides is 1. The van der Waals surface area contributed by atoms with E-state index < -0.39 is 5.92 Å². The Balaban J connectivity index is 1.72. The molecule has 0 fully saturated rings. The zero-order chi connectivity index (χ0) is 24.5. The highest BCUT2D eigenvalue weighted by atomic mass is 32.2. The van der Waals surface area contributed by atoms with Crippen LogP contribution in [0, 0.1) is 0 Å². The number of benzene rings is 3. The Morgan fingerprint density at radius 2 is 1.31 bits per heavy atom. The number of nitrogens with two attached hydrogens (primary N) is 1. The minimum atomic E-state index is -0.395. The summed E-state index contributed by atoms with van der Waals surface area (Å²) < 4.78 is 4.37. The Morgan fingerprint density at radius 3 is 1.86 bits per heavy atom. The van der Waals surface area contributed by atoms with E-state index in [9.17, 15) is 4.79 Å². The van der Waals surface area contributed by atoms with Crippen LogP contribution in [0.2, 0.25) is 0 Å². The number of hydrogen-bond donors (Lipinski definition) is 1. The third-order valence-electron chi connectivity index (χ3n) is 7.02. The van der Waals surface area contributed by atoms with E-state index in [1.54, 1.807) is 11.8 Å². The fourth-order valence-electron chi connectivity index (χ4n) is 5.41. The zero-order valence-corrected chi connectivity index (χ0v) is 21.3. The van der Waals surface area contributed by atoms with Crippen molar-refractivity contribution in [2.24, 2.45) is 19.8 Å². The van der Waals surface area contributed by atoms with Gasteiger partial charge in [0.05, 0.1) is 5.92 Å². The predicted molar refractivity (Wildman–Crippen MR) is 147 cm³/mol. The summed E-state index contributed by atoms with van der Waals surface area (Å²) in [6, 6.07) is 25.2. The van der Waals surface area contributed by atoms with Gasteiger partial charge in [0.1, 0.15) is 0 Å². The van der Waals surface area contributed by atoms with Crippen LogP contribution < -0.4 is 5.73 Å². The molecule has 5 aromatic rings. The van der Waals surface area contributed by atoms with Crippen LogP contribution in [-0.2, 0) is 18.9 Å². The molecule has 0 aliphatic carbocycles. The molecule has 4 nitrogen and oxygen atoms in total. The van der Waals surface area contributed by atoms with Gasteiger partial charge in [-0.2, -0.15) is 0 Å². The molecule has 1 unspecified atom stereocenters. The maximum atomic E-state index is 13.0. The van der Waals surface area contributed by atoms with Crippen molar-refractivity contribution < 1.29 is 4.79 Å². The van der Waals surface area contributed by atoms with Gasteiger partial charge in [0.2, 0.25) is 5.91 Å². The molecule has 0 radical (unpaired) electrons. The van der Waals surface area contributed by atoms with Crippen LogP contribution in [0.5, 0.6) is 0 Å². The molecule has 0 aliphatic heterocycles. The van der Waals surface area contributed by atoms with Gasteiger partial charge in [-0.15, -0.1) is 11.8 Å². The Labute approximate surface area is 210 Å². The fourth-order valence-corrected chi connectivity index (χ4v) is 6.27. The van der Waals surface area contributed by atoms with Crippen molar-refractivity contribution in [1.29, 1.82) is 0 Å². The summed E-state index contributed by atoms with van der Waals surface area (Å²) in [7, 11) is 4.18. The molecule has 0 bridgehead atoms. The Kier molecular flexibility index (Phi) is 6.44. The lowest BCUT2D eigenvalue weighted by Crippen LogP contribution is -2.24. The highest BCUT2D eigenvalue weighted by Gasteiger charge is 2.30. The lowest BCUT2D eigenvalue weighted by atomic mass is 9.80. The first kappa shape index (κ1) is 23.3. The van der Waals surface area contributed by atoms with Crippen LogP contribution in [0.15, 0.2) is 90.1 Å². The number of carbonyl (C=O) groups excluding carboxylic acids is 1. The first-order valence-corrected chi connectivity index (χ1v) is 13.1. The van der Waals surface area contributed by atoms with Gasteiger partial charge in [-0.1, -0.05) is 61.5 Å². The van der Waals surface area contributed by atoms with Crippen molar-refractivity contribution in [3.8, 4) is 0 Å². The SMILES string of the molecule is CCSc1ccccc1C(CC(c1cn(C)c2ccccc12)c1cn(C)c2ccccc12)C(N)=O. The van der Waals surface area contributed by atoms with Crippen LogP contribution in [-0.4, -0.2) is 20.8 Å². The fraction of sp³-hybridized carbons (Fsp3) is 0.233. The maximum absolute atomic E-state index is 13.0. The van der Waals surface area contributed by atoms with E-state index in [0.29, 0.717) is 6.42 Å². The van der Waals surface area contributed by atoms with Crippen molar-refractivity contribution in [3.05, 3.63) is 102 Å². The van der Waals surface area contributed by atoms with Crippen molar-refractivity contribution in [2.45, 2.75) is 30.1 Å². The molecule has 35 heavy (non-hydrogen) atoms. The summed E-state index contributed by atoms with van der Waals surface area (Å²) in [5.74, 6) is 0.274. The molecule has 1 atom stereocenters. The van der Waals surface area contributed by atoms with E-state index in [4.69, 9.17) is 5.73 Å². The molecular formula is C30H31N3OS. The molecule has 3 aromatic carbocycles.